The Hall–Kier alpha value is -1.75. The first-order valence-corrected chi connectivity index (χ1v) is 8.09. The molecule has 1 aromatic rings. The highest BCUT2D eigenvalue weighted by Crippen LogP contribution is 2.33. The van der Waals surface area contributed by atoms with Gasteiger partial charge in [0.25, 0.3) is 0 Å². The quantitative estimate of drug-likeness (QED) is 0.744. The van der Waals surface area contributed by atoms with Gasteiger partial charge in [0.2, 0.25) is 11.8 Å². The van der Waals surface area contributed by atoms with Crippen molar-refractivity contribution in [2.75, 3.05) is 7.11 Å². The summed E-state index contributed by atoms with van der Waals surface area (Å²) in [6.45, 7) is 4.41. The molecule has 0 bridgehead atoms. The Bertz CT molecular complexity index is 487. The monoisotopic (exact) mass is 305 g/mol. The number of hydroxylamine groups is 2. The molecule has 0 saturated carbocycles. The average molecular weight is 305 g/mol. The fourth-order valence-electron chi connectivity index (χ4n) is 2.73. The highest BCUT2D eigenvalue weighted by Gasteiger charge is 2.31. The Morgan fingerprint density at radius 3 is 2.82 bits per heavy atom. The first kappa shape index (κ1) is 16.6. The van der Waals surface area contributed by atoms with Gasteiger partial charge in [0.1, 0.15) is 0 Å². The van der Waals surface area contributed by atoms with Gasteiger partial charge in [-0.15, -0.1) is 5.06 Å². The lowest BCUT2D eigenvalue weighted by Gasteiger charge is -2.28. The molecule has 2 unspecified atom stereocenters. The van der Waals surface area contributed by atoms with Crippen molar-refractivity contribution in [3.8, 4) is 5.88 Å². The number of hydrogen-bond acceptors (Lipinski definition) is 5. The molecule has 2 rings (SSSR count). The maximum absolute atomic E-state index is 5.88. The maximum Gasteiger partial charge on any atom is 0.212 e. The molecule has 1 aromatic heterocycles. The second-order valence-corrected chi connectivity index (χ2v) is 5.80. The van der Waals surface area contributed by atoms with Crippen LogP contribution in [0.5, 0.6) is 5.88 Å². The number of aromatic nitrogens is 1. The fourth-order valence-corrected chi connectivity index (χ4v) is 2.73. The molecule has 2 N–H and O–H groups in total. The first-order valence-electron chi connectivity index (χ1n) is 8.09. The second-order valence-electron chi connectivity index (χ2n) is 5.80. The second kappa shape index (κ2) is 8.03. The Morgan fingerprint density at radius 2 is 2.18 bits per heavy atom. The molecule has 0 radical (unpaired) electrons. The van der Waals surface area contributed by atoms with Gasteiger partial charge in [0, 0.05) is 24.4 Å². The molecule has 1 aliphatic rings. The van der Waals surface area contributed by atoms with Gasteiger partial charge in [-0.3, -0.25) is 0 Å². The Kier molecular flexibility index (Phi) is 6.07. The highest BCUT2D eigenvalue weighted by atomic mass is 16.7. The van der Waals surface area contributed by atoms with E-state index >= 15 is 0 Å². The summed E-state index contributed by atoms with van der Waals surface area (Å²) >= 11 is 0. The number of unbranched alkanes of at least 4 members (excludes halogenated alkanes) is 3. The van der Waals surface area contributed by atoms with Crippen LogP contribution in [-0.2, 0) is 4.84 Å². The summed E-state index contributed by atoms with van der Waals surface area (Å²) in [6.07, 6.45) is 9.88. The van der Waals surface area contributed by atoms with Crippen molar-refractivity contribution in [3.05, 3.63) is 35.9 Å². The van der Waals surface area contributed by atoms with Gasteiger partial charge in [0.05, 0.1) is 13.2 Å². The smallest absolute Gasteiger partial charge is 0.212 e. The molecule has 0 amide bonds. The van der Waals surface area contributed by atoms with E-state index in [1.54, 1.807) is 7.11 Å². The van der Waals surface area contributed by atoms with Crippen LogP contribution in [0.15, 0.2) is 30.3 Å². The SMILES string of the molecule is CCCCCCC(C)N1OC(N)=CC1c1ccc(OC)nc1. The standard InChI is InChI=1S/C17H27N3O2/c1-4-5-6-7-8-13(2)20-15(11-16(18)22-20)14-9-10-17(21-3)19-12-14/h9-13,15H,4-8,18H2,1-3H3. The zero-order valence-corrected chi connectivity index (χ0v) is 13.8. The van der Waals surface area contributed by atoms with E-state index in [1.165, 1.54) is 25.7 Å². The molecule has 0 fully saturated rings. The molecular formula is C17H27N3O2. The topological polar surface area (TPSA) is 60.6 Å². The van der Waals surface area contributed by atoms with E-state index < -0.39 is 0 Å². The van der Waals surface area contributed by atoms with Gasteiger partial charge >= 0.3 is 0 Å². The lowest BCUT2D eigenvalue weighted by molar-refractivity contribution is -0.149. The predicted molar refractivity (Wildman–Crippen MR) is 86.9 cm³/mol. The number of rotatable bonds is 8. The van der Waals surface area contributed by atoms with Gasteiger partial charge in [-0.05, 0) is 18.9 Å². The molecule has 2 heterocycles. The van der Waals surface area contributed by atoms with E-state index in [2.05, 4.69) is 18.8 Å². The van der Waals surface area contributed by atoms with Gasteiger partial charge in [-0.2, -0.15) is 0 Å². The van der Waals surface area contributed by atoms with E-state index in [4.69, 9.17) is 15.3 Å². The van der Waals surface area contributed by atoms with Crippen LogP contribution < -0.4 is 10.5 Å². The number of nitrogens with two attached hydrogens (primary N) is 1. The Morgan fingerprint density at radius 1 is 1.36 bits per heavy atom. The van der Waals surface area contributed by atoms with Crippen molar-refractivity contribution in [3.63, 3.8) is 0 Å². The van der Waals surface area contributed by atoms with Gasteiger partial charge in [0.15, 0.2) is 0 Å². The van der Waals surface area contributed by atoms with Crippen LogP contribution in [0.2, 0.25) is 0 Å². The van der Waals surface area contributed by atoms with E-state index in [9.17, 15) is 0 Å². The molecule has 5 nitrogen and oxygen atoms in total. The van der Waals surface area contributed by atoms with Crippen LogP contribution >= 0.6 is 0 Å². The number of nitrogens with zero attached hydrogens (tertiary/aromatic N) is 2. The molecule has 22 heavy (non-hydrogen) atoms. The van der Waals surface area contributed by atoms with Crippen LogP contribution in [0.1, 0.15) is 57.6 Å². The normalized spacial score (nSPS) is 19.6. The highest BCUT2D eigenvalue weighted by molar-refractivity contribution is 5.25. The molecule has 122 valence electrons. The fraction of sp³-hybridized carbons (Fsp3) is 0.588. The molecule has 0 spiro atoms. The third kappa shape index (κ3) is 4.13. The van der Waals surface area contributed by atoms with E-state index in [-0.39, 0.29) is 6.04 Å². The third-order valence-corrected chi connectivity index (χ3v) is 4.03. The van der Waals surface area contributed by atoms with Crippen molar-refractivity contribution >= 4 is 0 Å². The number of hydrogen-bond donors (Lipinski definition) is 1. The van der Waals surface area contributed by atoms with Crippen LogP contribution in [0.3, 0.4) is 0 Å². The number of pyridine rings is 1. The summed E-state index contributed by atoms with van der Waals surface area (Å²) in [5.74, 6) is 1.07. The van der Waals surface area contributed by atoms with Gasteiger partial charge in [-0.25, -0.2) is 4.98 Å². The van der Waals surface area contributed by atoms with Gasteiger partial charge < -0.3 is 15.3 Å². The van der Waals surface area contributed by atoms with Crippen molar-refractivity contribution < 1.29 is 9.57 Å². The van der Waals surface area contributed by atoms with Crippen molar-refractivity contribution in [1.29, 1.82) is 0 Å². The number of methoxy groups -OCH3 is 1. The van der Waals surface area contributed by atoms with Crippen molar-refractivity contribution in [2.45, 2.75) is 58.0 Å². The van der Waals surface area contributed by atoms with E-state index in [0.717, 1.165) is 12.0 Å². The summed E-state index contributed by atoms with van der Waals surface area (Å²) in [5.41, 5.74) is 6.93. The first-order chi connectivity index (χ1) is 10.7. The van der Waals surface area contributed by atoms with Crippen molar-refractivity contribution in [2.24, 2.45) is 5.73 Å². The van der Waals surface area contributed by atoms with Crippen LogP contribution in [0.4, 0.5) is 0 Å². The molecule has 1 aliphatic heterocycles. The molecule has 0 aromatic carbocycles. The molecule has 5 heteroatoms. The zero-order valence-electron chi connectivity index (χ0n) is 13.8. The summed E-state index contributed by atoms with van der Waals surface area (Å²) in [5, 5.41) is 1.98. The molecule has 0 saturated heterocycles. The van der Waals surface area contributed by atoms with Crippen LogP contribution in [-0.4, -0.2) is 23.2 Å². The van der Waals surface area contributed by atoms with Gasteiger partial charge in [-0.1, -0.05) is 38.7 Å². The van der Waals surface area contributed by atoms with Crippen LogP contribution in [0, 0.1) is 0 Å². The van der Waals surface area contributed by atoms with Crippen LogP contribution in [0.25, 0.3) is 0 Å². The van der Waals surface area contributed by atoms with E-state index in [1.807, 2.05) is 29.5 Å². The number of ether oxygens (including phenoxy) is 1. The summed E-state index contributed by atoms with van der Waals surface area (Å²) in [6, 6.07) is 4.19. The minimum Gasteiger partial charge on any atom is -0.481 e. The summed E-state index contributed by atoms with van der Waals surface area (Å²) in [7, 11) is 1.61. The zero-order chi connectivity index (χ0) is 15.9. The lowest BCUT2D eigenvalue weighted by atomic mass is 10.0. The molecule has 0 aliphatic carbocycles. The average Bonchev–Trinajstić information content (AvgIpc) is 2.93. The molecule has 2 atom stereocenters. The minimum absolute atomic E-state index is 0.0135. The van der Waals surface area contributed by atoms with E-state index in [0.29, 0.717) is 17.8 Å². The lowest BCUT2D eigenvalue weighted by Crippen LogP contribution is -2.32. The Labute approximate surface area is 133 Å². The third-order valence-electron chi connectivity index (χ3n) is 4.03. The van der Waals surface area contributed by atoms with Crippen molar-refractivity contribution in [1.82, 2.24) is 10.0 Å². The molecular weight excluding hydrogens is 278 g/mol. The maximum atomic E-state index is 5.88. The summed E-state index contributed by atoms with van der Waals surface area (Å²) < 4.78 is 5.11. The Balaban J connectivity index is 2.00. The minimum atomic E-state index is 0.0135. The summed E-state index contributed by atoms with van der Waals surface area (Å²) in [4.78, 5) is 9.99. The predicted octanol–water partition coefficient (Wildman–Crippen LogP) is 3.54. The largest absolute Gasteiger partial charge is 0.481 e.